The molecule has 0 aliphatic rings. The summed E-state index contributed by atoms with van der Waals surface area (Å²) >= 11 is -1.90. The van der Waals surface area contributed by atoms with Crippen molar-refractivity contribution in [3.8, 4) is 0 Å². The SMILES string of the molecule is O.[Cl][Sb]([c]1ccccc1)[c]1ccccc1. The standard InChI is InChI=1S/2C6H5.ClH.H2O.Sb/c2*1-2-4-6-5-3-1;;;/h2*1-5H;1H;1H2;/q;;;;+1/p-1. The van der Waals surface area contributed by atoms with Crippen LogP contribution in [0, 0.1) is 0 Å². The number of halogens is 1. The maximum absolute atomic E-state index is 6.51. The summed E-state index contributed by atoms with van der Waals surface area (Å²) in [5, 5.41) is 0. The molecule has 78 valence electrons. The molecule has 2 rings (SSSR count). The molecular weight excluding hydrogens is 317 g/mol. The second-order valence-electron chi connectivity index (χ2n) is 2.95. The van der Waals surface area contributed by atoms with Crippen LogP contribution in [0.1, 0.15) is 0 Å². The normalized spacial score (nSPS) is 9.73. The third kappa shape index (κ3) is 3.24. The van der Waals surface area contributed by atoms with E-state index in [-0.39, 0.29) is 5.48 Å². The van der Waals surface area contributed by atoms with Crippen LogP contribution >= 0.6 is 8.83 Å². The van der Waals surface area contributed by atoms with Crippen molar-refractivity contribution in [3.63, 3.8) is 0 Å². The monoisotopic (exact) mass is 328 g/mol. The molecule has 0 aliphatic carbocycles. The van der Waals surface area contributed by atoms with Gasteiger partial charge in [-0.1, -0.05) is 0 Å². The fourth-order valence-electron chi connectivity index (χ4n) is 1.27. The molecule has 15 heavy (non-hydrogen) atoms. The minimum absolute atomic E-state index is 0. The Labute approximate surface area is 101 Å². The zero-order valence-corrected chi connectivity index (χ0v) is 11.4. The molecule has 0 bridgehead atoms. The van der Waals surface area contributed by atoms with Crippen LogP contribution in [0.2, 0.25) is 0 Å². The molecule has 2 aromatic rings. The van der Waals surface area contributed by atoms with Gasteiger partial charge < -0.3 is 5.48 Å². The van der Waals surface area contributed by atoms with Gasteiger partial charge in [-0.15, -0.1) is 0 Å². The van der Waals surface area contributed by atoms with E-state index >= 15 is 0 Å². The Morgan fingerprint density at radius 3 is 1.33 bits per heavy atom. The van der Waals surface area contributed by atoms with Gasteiger partial charge in [0.15, 0.2) is 0 Å². The van der Waals surface area contributed by atoms with E-state index in [0.29, 0.717) is 0 Å². The molecule has 2 aromatic carbocycles. The zero-order chi connectivity index (χ0) is 9.80. The van der Waals surface area contributed by atoms with Crippen molar-refractivity contribution >= 4 is 34.9 Å². The molecule has 0 amide bonds. The van der Waals surface area contributed by atoms with Gasteiger partial charge in [-0.05, 0) is 0 Å². The van der Waals surface area contributed by atoms with Gasteiger partial charge in [-0.25, -0.2) is 0 Å². The van der Waals surface area contributed by atoms with Crippen LogP contribution in [0.25, 0.3) is 0 Å². The Hall–Kier alpha value is -0.492. The van der Waals surface area contributed by atoms with Crippen LogP contribution in [0.5, 0.6) is 0 Å². The van der Waals surface area contributed by atoms with E-state index < -0.39 is 19.1 Å². The molecule has 0 saturated heterocycles. The van der Waals surface area contributed by atoms with E-state index in [4.69, 9.17) is 8.83 Å². The van der Waals surface area contributed by atoms with Crippen LogP contribution in [-0.2, 0) is 0 Å². The second-order valence-corrected chi connectivity index (χ2v) is 9.77. The second kappa shape index (κ2) is 6.17. The minimum atomic E-state index is -1.90. The number of rotatable bonds is 2. The van der Waals surface area contributed by atoms with Crippen molar-refractivity contribution < 1.29 is 5.48 Å². The molecule has 0 aliphatic heterocycles. The molecule has 3 heteroatoms. The fourth-order valence-corrected chi connectivity index (χ4v) is 6.11. The summed E-state index contributed by atoms with van der Waals surface area (Å²) in [5.74, 6) is 0. The molecule has 0 saturated carbocycles. The summed E-state index contributed by atoms with van der Waals surface area (Å²) in [4.78, 5) is 0. The maximum atomic E-state index is 6.51. The Morgan fingerprint density at radius 2 is 1.00 bits per heavy atom. The van der Waals surface area contributed by atoms with Gasteiger partial charge in [0.1, 0.15) is 0 Å². The van der Waals surface area contributed by atoms with E-state index in [9.17, 15) is 0 Å². The van der Waals surface area contributed by atoms with E-state index in [2.05, 4.69) is 48.5 Å². The summed E-state index contributed by atoms with van der Waals surface area (Å²) in [6.45, 7) is 0. The van der Waals surface area contributed by atoms with E-state index in [0.717, 1.165) is 0 Å². The van der Waals surface area contributed by atoms with E-state index in [1.165, 1.54) is 7.02 Å². The molecule has 0 unspecified atom stereocenters. The van der Waals surface area contributed by atoms with Gasteiger partial charge in [-0.2, -0.15) is 0 Å². The van der Waals surface area contributed by atoms with Gasteiger partial charge in [0.05, 0.1) is 0 Å². The number of benzene rings is 2. The van der Waals surface area contributed by atoms with Crippen LogP contribution in [0.3, 0.4) is 0 Å². The van der Waals surface area contributed by atoms with Crippen molar-refractivity contribution in [2.24, 2.45) is 0 Å². The quantitative estimate of drug-likeness (QED) is 0.742. The average Bonchev–Trinajstić information content (AvgIpc) is 2.30. The van der Waals surface area contributed by atoms with Crippen LogP contribution < -0.4 is 7.02 Å². The summed E-state index contributed by atoms with van der Waals surface area (Å²) in [6.07, 6.45) is 0. The van der Waals surface area contributed by atoms with Crippen molar-refractivity contribution in [1.82, 2.24) is 0 Å². The van der Waals surface area contributed by atoms with Crippen molar-refractivity contribution in [2.75, 3.05) is 0 Å². The summed E-state index contributed by atoms with van der Waals surface area (Å²) < 4.78 is 2.65. The Kier molecular flexibility index (Phi) is 5.17. The summed E-state index contributed by atoms with van der Waals surface area (Å²) in [5.41, 5.74) is 0. The van der Waals surface area contributed by atoms with Gasteiger partial charge in [0, 0.05) is 0 Å². The molecule has 2 N–H and O–H groups in total. The first-order valence-corrected chi connectivity index (χ1v) is 10.2. The molecule has 0 fully saturated rings. The first-order valence-electron chi connectivity index (χ1n) is 4.44. The molecule has 0 aromatic heterocycles. The van der Waals surface area contributed by atoms with Crippen molar-refractivity contribution in [3.05, 3.63) is 60.7 Å². The van der Waals surface area contributed by atoms with Crippen molar-refractivity contribution in [2.45, 2.75) is 0 Å². The van der Waals surface area contributed by atoms with Crippen LogP contribution in [0.15, 0.2) is 60.7 Å². The van der Waals surface area contributed by atoms with E-state index in [1.54, 1.807) is 0 Å². The summed E-state index contributed by atoms with van der Waals surface area (Å²) in [6, 6.07) is 20.8. The van der Waals surface area contributed by atoms with Gasteiger partial charge in [0.2, 0.25) is 0 Å². The molecule has 0 radical (unpaired) electrons. The Balaban J connectivity index is 0.00000112. The first kappa shape index (κ1) is 12.6. The van der Waals surface area contributed by atoms with Gasteiger partial charge in [-0.3, -0.25) is 0 Å². The van der Waals surface area contributed by atoms with Gasteiger partial charge in [0.25, 0.3) is 0 Å². The topological polar surface area (TPSA) is 31.5 Å². The number of hydrogen-bond donors (Lipinski definition) is 0. The summed E-state index contributed by atoms with van der Waals surface area (Å²) in [7, 11) is 6.51. The Bertz CT molecular complexity index is 351. The number of hydrogen-bond acceptors (Lipinski definition) is 0. The first-order chi connectivity index (χ1) is 6.88. The van der Waals surface area contributed by atoms with Crippen LogP contribution in [0.4, 0.5) is 0 Å². The fraction of sp³-hybridized carbons (Fsp3) is 0. The van der Waals surface area contributed by atoms with Crippen LogP contribution in [-0.4, -0.2) is 24.5 Å². The van der Waals surface area contributed by atoms with Crippen molar-refractivity contribution in [1.29, 1.82) is 0 Å². The molecule has 1 nitrogen and oxygen atoms in total. The van der Waals surface area contributed by atoms with E-state index in [1.807, 2.05) is 12.1 Å². The molecule has 0 spiro atoms. The van der Waals surface area contributed by atoms with Gasteiger partial charge >= 0.3 is 95.6 Å². The predicted octanol–water partition coefficient (Wildman–Crippen LogP) is 1.21. The molecular formula is C12H12ClOSb. The average molecular weight is 329 g/mol. The zero-order valence-electron chi connectivity index (χ0n) is 8.10. The third-order valence-electron chi connectivity index (χ3n) is 1.97. The molecule has 0 atom stereocenters. The molecule has 0 heterocycles. The predicted molar refractivity (Wildman–Crippen MR) is 67.4 cm³/mol. The third-order valence-corrected chi connectivity index (χ3v) is 8.87. The Morgan fingerprint density at radius 1 is 0.667 bits per heavy atom.